The molecule has 5 rings (SSSR count). The van der Waals surface area contributed by atoms with Crippen molar-refractivity contribution in [3.05, 3.63) is 45.2 Å². The summed E-state index contributed by atoms with van der Waals surface area (Å²) in [6.07, 6.45) is 3.85. The number of aliphatic hydroxyl groups excluding tert-OH is 1. The monoisotopic (exact) mass is 386 g/mol. The Hall–Kier alpha value is -3.32. The molecule has 138 valence electrons. The number of nitrogens with one attached hydrogen (secondary N) is 2. The summed E-state index contributed by atoms with van der Waals surface area (Å²) in [6, 6.07) is 0. The molecule has 13 heteroatoms. The Morgan fingerprint density at radius 3 is 3.00 bits per heavy atom. The van der Waals surface area contributed by atoms with Crippen molar-refractivity contribution in [1.82, 2.24) is 44.5 Å². The molecule has 0 fully saturated rings. The maximum Gasteiger partial charge on any atom is 0.340 e. The molecule has 0 saturated heterocycles. The molecular formula is C14H14N10O2S. The predicted molar refractivity (Wildman–Crippen MR) is 95.0 cm³/mol. The number of H-pyrrole nitrogens is 2. The van der Waals surface area contributed by atoms with E-state index in [1.807, 2.05) is 11.6 Å². The van der Waals surface area contributed by atoms with Gasteiger partial charge in [0.25, 0.3) is 0 Å². The largest absolute Gasteiger partial charge is 0.367 e. The summed E-state index contributed by atoms with van der Waals surface area (Å²) in [5.41, 5.74) is 1.92. The molecule has 4 aromatic heterocycles. The second-order valence-electron chi connectivity index (χ2n) is 6.05. The minimum absolute atomic E-state index is 0.166. The topological polar surface area (TPSA) is 146 Å². The molecule has 1 unspecified atom stereocenters. The summed E-state index contributed by atoms with van der Waals surface area (Å²) in [5.74, 6) is 0.393. The van der Waals surface area contributed by atoms with E-state index < -0.39 is 11.9 Å². The first kappa shape index (κ1) is 15.9. The van der Waals surface area contributed by atoms with Gasteiger partial charge in [-0.2, -0.15) is 15.3 Å². The van der Waals surface area contributed by atoms with Crippen LogP contribution in [0.1, 0.15) is 28.3 Å². The first-order valence-electron chi connectivity index (χ1n) is 8.03. The molecule has 27 heavy (non-hydrogen) atoms. The number of aromatic nitrogens is 8. The van der Waals surface area contributed by atoms with Gasteiger partial charge in [-0.1, -0.05) is 0 Å². The number of hydrogen-bond acceptors (Lipinski definition) is 9. The van der Waals surface area contributed by atoms with E-state index in [9.17, 15) is 9.90 Å². The van der Waals surface area contributed by atoms with Gasteiger partial charge < -0.3 is 9.67 Å². The molecule has 0 spiro atoms. The van der Waals surface area contributed by atoms with Gasteiger partial charge >= 0.3 is 5.69 Å². The zero-order valence-corrected chi connectivity index (χ0v) is 14.9. The lowest BCUT2D eigenvalue weighted by Gasteiger charge is -2.28. The molecule has 0 saturated carbocycles. The number of aromatic amines is 2. The van der Waals surface area contributed by atoms with Crippen LogP contribution in [0.3, 0.4) is 0 Å². The van der Waals surface area contributed by atoms with Crippen LogP contribution in [0.15, 0.2) is 22.6 Å². The predicted octanol–water partition coefficient (Wildman–Crippen LogP) is -0.473. The molecule has 1 atom stereocenters. The van der Waals surface area contributed by atoms with E-state index in [2.05, 4.69) is 35.3 Å². The van der Waals surface area contributed by atoms with Crippen LogP contribution in [0.5, 0.6) is 0 Å². The molecule has 1 aliphatic heterocycles. The second-order valence-corrected chi connectivity index (χ2v) is 7.14. The molecule has 0 aromatic carbocycles. The summed E-state index contributed by atoms with van der Waals surface area (Å²) < 4.78 is 4.53. The highest BCUT2D eigenvalue weighted by molar-refractivity contribution is 7.19. The van der Waals surface area contributed by atoms with E-state index in [4.69, 9.17) is 0 Å². The smallest absolute Gasteiger partial charge is 0.340 e. The number of nitrogens with zero attached hydrogens (tertiary/aromatic N) is 8. The van der Waals surface area contributed by atoms with Crippen LogP contribution >= 0.6 is 11.3 Å². The lowest BCUT2D eigenvalue weighted by Crippen LogP contribution is -2.29. The minimum Gasteiger partial charge on any atom is -0.367 e. The summed E-state index contributed by atoms with van der Waals surface area (Å²) in [5, 5.41) is 27.7. The average Bonchev–Trinajstić information content (AvgIpc) is 3.40. The van der Waals surface area contributed by atoms with E-state index in [0.29, 0.717) is 18.1 Å². The van der Waals surface area contributed by atoms with Gasteiger partial charge in [0.15, 0.2) is 17.7 Å². The summed E-state index contributed by atoms with van der Waals surface area (Å²) in [7, 11) is 1.86. The fourth-order valence-corrected chi connectivity index (χ4v) is 4.23. The van der Waals surface area contributed by atoms with E-state index in [-0.39, 0.29) is 6.54 Å². The third kappa shape index (κ3) is 2.55. The number of rotatable bonds is 4. The number of aliphatic hydroxyl groups is 1. The highest BCUT2D eigenvalue weighted by Crippen LogP contribution is 2.36. The molecule has 4 aromatic rings. The molecular weight excluding hydrogens is 372 g/mol. The van der Waals surface area contributed by atoms with Crippen molar-refractivity contribution in [2.75, 3.05) is 0 Å². The Balaban J connectivity index is 1.49. The van der Waals surface area contributed by atoms with Gasteiger partial charge in [0.05, 0.1) is 29.7 Å². The molecule has 3 N–H and O–H groups in total. The Morgan fingerprint density at radius 2 is 2.26 bits per heavy atom. The van der Waals surface area contributed by atoms with E-state index >= 15 is 0 Å². The number of aryl methyl sites for hydroxylation is 1. The van der Waals surface area contributed by atoms with Crippen molar-refractivity contribution in [2.24, 2.45) is 12.1 Å². The number of hydrogen-bond donors (Lipinski definition) is 3. The zero-order valence-electron chi connectivity index (χ0n) is 14.1. The van der Waals surface area contributed by atoms with E-state index in [0.717, 1.165) is 20.9 Å². The number of fused-ring (bicyclic) bond motifs is 3. The van der Waals surface area contributed by atoms with Gasteiger partial charge in [-0.05, 0) is 0 Å². The van der Waals surface area contributed by atoms with Crippen molar-refractivity contribution in [3.8, 4) is 0 Å². The van der Waals surface area contributed by atoms with Crippen molar-refractivity contribution in [1.29, 1.82) is 0 Å². The average molecular weight is 386 g/mol. The highest BCUT2D eigenvalue weighted by atomic mass is 32.1. The van der Waals surface area contributed by atoms with Crippen LogP contribution < -0.4 is 5.69 Å². The fourth-order valence-electron chi connectivity index (χ4n) is 3.12. The maximum absolute atomic E-state index is 11.2. The lowest BCUT2D eigenvalue weighted by molar-refractivity contribution is -0.0115. The highest BCUT2D eigenvalue weighted by Gasteiger charge is 2.30. The zero-order chi connectivity index (χ0) is 18.5. The molecule has 0 amide bonds. The van der Waals surface area contributed by atoms with Gasteiger partial charge in [0.2, 0.25) is 0 Å². The molecule has 12 nitrogen and oxygen atoms in total. The summed E-state index contributed by atoms with van der Waals surface area (Å²) in [6.45, 7) is 0.701. The molecule has 5 heterocycles. The Labute approximate surface area is 154 Å². The van der Waals surface area contributed by atoms with Crippen LogP contribution in [0, 0.1) is 0 Å². The first-order valence-corrected chi connectivity index (χ1v) is 8.84. The van der Waals surface area contributed by atoms with Crippen LogP contribution in [0.2, 0.25) is 0 Å². The number of thiazole rings is 1. The van der Waals surface area contributed by atoms with Crippen LogP contribution in [0.4, 0.5) is 0 Å². The van der Waals surface area contributed by atoms with Crippen LogP contribution in [-0.2, 0) is 20.1 Å². The third-order valence-electron chi connectivity index (χ3n) is 4.34. The standard InChI is InChI=1S/C14H14N10O2S/c1-22-10-7(2-16-24(13(10)25)3-8-18-14(26)21-20-8)11-12(22)19-9(27-11)4-23-6-15-5-17-23/h2,5-6,13,25H,3-4H2,1H3,(H2,18,20,21,26). The van der Waals surface area contributed by atoms with Gasteiger partial charge in [-0.3, -0.25) is 9.99 Å². The lowest BCUT2D eigenvalue weighted by atomic mass is 10.2. The molecule has 0 aliphatic carbocycles. The maximum atomic E-state index is 11.2. The van der Waals surface area contributed by atoms with Crippen LogP contribution in [-0.4, -0.2) is 55.8 Å². The van der Waals surface area contributed by atoms with E-state index in [1.54, 1.807) is 17.2 Å². The van der Waals surface area contributed by atoms with Crippen molar-refractivity contribution in [2.45, 2.75) is 19.3 Å². The SMILES string of the molecule is Cn1c2c(c3sc(Cn4cncn4)nc31)C=NN(Cc1n[nH]c(=O)[nH]1)C2O. The fraction of sp³-hybridized carbons (Fsp3) is 0.286. The second kappa shape index (κ2) is 5.85. The van der Waals surface area contributed by atoms with Gasteiger partial charge in [0.1, 0.15) is 17.7 Å². The molecule has 1 aliphatic rings. The summed E-state index contributed by atoms with van der Waals surface area (Å²) in [4.78, 5) is 22.3. The van der Waals surface area contributed by atoms with Gasteiger partial charge in [-0.15, -0.1) is 11.3 Å². The van der Waals surface area contributed by atoms with Crippen molar-refractivity contribution < 1.29 is 5.11 Å². The van der Waals surface area contributed by atoms with E-state index in [1.165, 1.54) is 22.7 Å². The van der Waals surface area contributed by atoms with Crippen LogP contribution in [0.25, 0.3) is 10.3 Å². The van der Waals surface area contributed by atoms with Gasteiger partial charge in [-0.25, -0.2) is 24.5 Å². The quantitative estimate of drug-likeness (QED) is 0.429. The van der Waals surface area contributed by atoms with Crippen molar-refractivity contribution in [3.63, 3.8) is 0 Å². The third-order valence-corrected chi connectivity index (χ3v) is 5.40. The first-order chi connectivity index (χ1) is 13.1. The van der Waals surface area contributed by atoms with Crippen molar-refractivity contribution >= 4 is 27.9 Å². The normalized spacial score (nSPS) is 16.4. The van der Waals surface area contributed by atoms with Gasteiger partial charge in [0, 0.05) is 12.6 Å². The molecule has 0 bridgehead atoms. The Bertz CT molecular complexity index is 1200. The molecule has 0 radical (unpaired) electrons. The Morgan fingerprint density at radius 1 is 1.37 bits per heavy atom. The number of hydrazone groups is 1. The minimum atomic E-state index is -0.977. The Kier molecular flexibility index (Phi) is 3.45. The summed E-state index contributed by atoms with van der Waals surface area (Å²) >= 11 is 1.54.